The molecule has 1 saturated carbocycles. The molecule has 1 N–H and O–H groups in total. The quantitative estimate of drug-likeness (QED) is 0.476. The second kappa shape index (κ2) is 8.00. The van der Waals surface area contributed by atoms with Gasteiger partial charge in [-0.05, 0) is 18.3 Å². The third-order valence-corrected chi connectivity index (χ3v) is 4.24. The largest absolute Gasteiger partial charge is 0.356 e. The summed E-state index contributed by atoms with van der Waals surface area (Å²) in [7, 11) is 5.86. The second-order valence-corrected chi connectivity index (χ2v) is 6.30. The maximum Gasteiger partial charge on any atom is 0.193 e. The van der Waals surface area contributed by atoms with E-state index < -0.39 is 0 Å². The Kier molecular flexibility index (Phi) is 6.96. The number of halogens is 1. The van der Waals surface area contributed by atoms with Crippen molar-refractivity contribution in [3.8, 4) is 0 Å². The highest BCUT2D eigenvalue weighted by molar-refractivity contribution is 14.0. The minimum Gasteiger partial charge on any atom is -0.356 e. The van der Waals surface area contributed by atoms with E-state index in [0.717, 1.165) is 19.0 Å². The summed E-state index contributed by atoms with van der Waals surface area (Å²) in [6, 6.07) is 0. The molecule has 1 aromatic rings. The van der Waals surface area contributed by atoms with Crippen LogP contribution >= 0.6 is 24.0 Å². The van der Waals surface area contributed by atoms with Crippen molar-refractivity contribution in [1.29, 1.82) is 0 Å². The van der Waals surface area contributed by atoms with Crippen molar-refractivity contribution in [1.82, 2.24) is 20.0 Å². The Bertz CT molecular complexity index is 462. The van der Waals surface area contributed by atoms with Crippen LogP contribution in [0.1, 0.15) is 38.2 Å². The van der Waals surface area contributed by atoms with Crippen molar-refractivity contribution in [2.45, 2.75) is 39.2 Å². The van der Waals surface area contributed by atoms with E-state index in [9.17, 15) is 0 Å². The molecule has 1 fully saturated rings. The van der Waals surface area contributed by atoms with Crippen LogP contribution in [-0.4, -0.2) is 41.3 Å². The molecule has 5 nitrogen and oxygen atoms in total. The van der Waals surface area contributed by atoms with Gasteiger partial charge in [-0.2, -0.15) is 5.10 Å². The molecular weight excluding hydrogens is 377 g/mol. The van der Waals surface area contributed by atoms with Crippen molar-refractivity contribution >= 4 is 29.9 Å². The van der Waals surface area contributed by atoms with Crippen LogP contribution in [0.15, 0.2) is 17.4 Å². The predicted octanol–water partition coefficient (Wildman–Crippen LogP) is 2.63. The zero-order chi connectivity index (χ0) is 14.6. The lowest BCUT2D eigenvalue weighted by molar-refractivity contribution is 0.327. The van der Waals surface area contributed by atoms with Gasteiger partial charge in [-0.1, -0.05) is 19.8 Å². The maximum absolute atomic E-state index is 4.39. The number of aryl methyl sites for hydroxylation is 1. The first kappa shape index (κ1) is 18.3. The van der Waals surface area contributed by atoms with Crippen LogP contribution in [0.5, 0.6) is 0 Å². The van der Waals surface area contributed by atoms with E-state index in [2.05, 4.69) is 34.3 Å². The molecule has 0 aliphatic heterocycles. The normalized spacial score (nSPS) is 17.4. The van der Waals surface area contributed by atoms with E-state index in [4.69, 9.17) is 0 Å². The number of hydrogen-bond acceptors (Lipinski definition) is 2. The van der Waals surface area contributed by atoms with Crippen LogP contribution in [0, 0.1) is 5.41 Å². The molecule has 1 aliphatic carbocycles. The van der Waals surface area contributed by atoms with Crippen LogP contribution in [0.4, 0.5) is 0 Å². The molecule has 0 bridgehead atoms. The lowest BCUT2D eigenvalue weighted by Crippen LogP contribution is -2.42. The van der Waals surface area contributed by atoms with Gasteiger partial charge in [-0.3, -0.25) is 9.67 Å². The molecule has 120 valence electrons. The number of rotatable bonds is 4. The SMILES string of the molecule is CN=C(NCC1(C)CCCC1)N(C)Cc1cnn(C)c1.I. The lowest BCUT2D eigenvalue weighted by Gasteiger charge is -2.28. The Morgan fingerprint density at radius 2 is 2.14 bits per heavy atom. The lowest BCUT2D eigenvalue weighted by atomic mass is 9.89. The van der Waals surface area contributed by atoms with Crippen molar-refractivity contribution in [3.63, 3.8) is 0 Å². The molecule has 0 aromatic carbocycles. The average Bonchev–Trinajstić information content (AvgIpc) is 3.00. The summed E-state index contributed by atoms with van der Waals surface area (Å²) >= 11 is 0. The highest BCUT2D eigenvalue weighted by Crippen LogP contribution is 2.36. The molecule has 0 saturated heterocycles. The first-order valence-electron chi connectivity index (χ1n) is 7.42. The van der Waals surface area contributed by atoms with Gasteiger partial charge in [0.2, 0.25) is 0 Å². The Labute approximate surface area is 145 Å². The van der Waals surface area contributed by atoms with Gasteiger partial charge in [-0.25, -0.2) is 0 Å². The smallest absolute Gasteiger partial charge is 0.193 e. The summed E-state index contributed by atoms with van der Waals surface area (Å²) in [6.45, 7) is 4.21. The molecule has 0 amide bonds. The topological polar surface area (TPSA) is 45.5 Å². The van der Waals surface area contributed by atoms with Crippen LogP contribution in [0.25, 0.3) is 0 Å². The molecule has 1 aliphatic rings. The molecule has 1 heterocycles. The molecule has 0 atom stereocenters. The molecular formula is C15H28IN5. The van der Waals surface area contributed by atoms with E-state index in [0.29, 0.717) is 5.41 Å². The van der Waals surface area contributed by atoms with E-state index in [1.807, 2.05) is 31.2 Å². The Hall–Kier alpha value is -0.790. The number of aliphatic imine (C=N–C) groups is 1. The zero-order valence-electron chi connectivity index (χ0n) is 13.6. The minimum absolute atomic E-state index is 0. The molecule has 0 spiro atoms. The van der Waals surface area contributed by atoms with E-state index in [1.54, 1.807) is 0 Å². The van der Waals surface area contributed by atoms with Gasteiger partial charge in [0.15, 0.2) is 5.96 Å². The monoisotopic (exact) mass is 405 g/mol. The summed E-state index contributed by atoms with van der Waals surface area (Å²) in [5.41, 5.74) is 1.63. The minimum atomic E-state index is 0. The Balaban J connectivity index is 0.00000220. The fraction of sp³-hybridized carbons (Fsp3) is 0.733. The van der Waals surface area contributed by atoms with Crippen LogP contribution in [0.3, 0.4) is 0 Å². The molecule has 6 heteroatoms. The second-order valence-electron chi connectivity index (χ2n) is 6.30. The molecule has 0 radical (unpaired) electrons. The van der Waals surface area contributed by atoms with E-state index in [1.165, 1.54) is 31.2 Å². The number of aromatic nitrogens is 2. The van der Waals surface area contributed by atoms with E-state index in [-0.39, 0.29) is 24.0 Å². The van der Waals surface area contributed by atoms with Crippen LogP contribution in [-0.2, 0) is 13.6 Å². The van der Waals surface area contributed by atoms with Gasteiger partial charge in [0.05, 0.1) is 6.20 Å². The molecule has 2 rings (SSSR count). The Morgan fingerprint density at radius 1 is 1.48 bits per heavy atom. The van der Waals surface area contributed by atoms with Crippen molar-refractivity contribution < 1.29 is 0 Å². The van der Waals surface area contributed by atoms with Gasteiger partial charge in [-0.15, -0.1) is 24.0 Å². The fourth-order valence-corrected chi connectivity index (χ4v) is 2.98. The van der Waals surface area contributed by atoms with Crippen molar-refractivity contribution in [3.05, 3.63) is 18.0 Å². The highest BCUT2D eigenvalue weighted by Gasteiger charge is 2.28. The third kappa shape index (κ3) is 5.16. The standard InChI is InChI=1S/C15H27N5.HI/c1-15(7-5-6-8-15)12-17-14(16-2)19(3)10-13-9-18-20(4)11-13;/h9,11H,5-8,10,12H2,1-4H3,(H,16,17);1H. The maximum atomic E-state index is 4.39. The molecule has 21 heavy (non-hydrogen) atoms. The van der Waals surface area contributed by atoms with Crippen LogP contribution in [0.2, 0.25) is 0 Å². The number of guanidine groups is 1. The highest BCUT2D eigenvalue weighted by atomic mass is 127. The molecule has 0 unspecified atom stereocenters. The van der Waals surface area contributed by atoms with Gasteiger partial charge >= 0.3 is 0 Å². The van der Waals surface area contributed by atoms with Crippen molar-refractivity contribution in [2.75, 3.05) is 20.6 Å². The van der Waals surface area contributed by atoms with Crippen LogP contribution < -0.4 is 5.32 Å². The first-order chi connectivity index (χ1) is 9.52. The zero-order valence-corrected chi connectivity index (χ0v) is 15.9. The summed E-state index contributed by atoms with van der Waals surface area (Å²) < 4.78 is 1.83. The number of hydrogen-bond donors (Lipinski definition) is 1. The summed E-state index contributed by atoms with van der Waals surface area (Å²) in [5.74, 6) is 0.960. The van der Waals surface area contributed by atoms with Gasteiger partial charge in [0.1, 0.15) is 0 Å². The van der Waals surface area contributed by atoms with Gasteiger partial charge < -0.3 is 10.2 Å². The van der Waals surface area contributed by atoms with Gasteiger partial charge in [0.25, 0.3) is 0 Å². The first-order valence-corrected chi connectivity index (χ1v) is 7.42. The summed E-state index contributed by atoms with van der Waals surface area (Å²) in [5, 5.41) is 7.73. The number of nitrogens with zero attached hydrogens (tertiary/aromatic N) is 4. The fourth-order valence-electron chi connectivity index (χ4n) is 2.98. The third-order valence-electron chi connectivity index (χ3n) is 4.24. The summed E-state index contributed by atoms with van der Waals surface area (Å²) in [4.78, 5) is 6.54. The Morgan fingerprint density at radius 3 is 2.67 bits per heavy atom. The number of nitrogens with one attached hydrogen (secondary N) is 1. The van der Waals surface area contributed by atoms with E-state index >= 15 is 0 Å². The average molecular weight is 405 g/mol. The molecule has 1 aromatic heterocycles. The predicted molar refractivity (Wildman–Crippen MR) is 98.0 cm³/mol. The van der Waals surface area contributed by atoms with Crippen molar-refractivity contribution in [2.24, 2.45) is 17.5 Å². The summed E-state index contributed by atoms with van der Waals surface area (Å²) in [6.07, 6.45) is 9.32. The van der Waals surface area contributed by atoms with Gasteiger partial charge in [0, 0.05) is 46.0 Å².